The molecule has 118 valence electrons. The molecule has 0 bridgehead atoms. The van der Waals surface area contributed by atoms with E-state index in [-0.39, 0.29) is 5.91 Å². The lowest BCUT2D eigenvalue weighted by Crippen LogP contribution is -2.35. The quantitative estimate of drug-likeness (QED) is 0.759. The van der Waals surface area contributed by atoms with Gasteiger partial charge in [-0.05, 0) is 44.4 Å². The van der Waals surface area contributed by atoms with Gasteiger partial charge >= 0.3 is 0 Å². The summed E-state index contributed by atoms with van der Waals surface area (Å²) >= 11 is 0. The van der Waals surface area contributed by atoms with Gasteiger partial charge in [0.15, 0.2) is 0 Å². The highest BCUT2D eigenvalue weighted by molar-refractivity contribution is 5.76. The summed E-state index contributed by atoms with van der Waals surface area (Å²) in [4.78, 5) is 14.4. The fourth-order valence-electron chi connectivity index (χ4n) is 2.96. The topological polar surface area (TPSA) is 37.3 Å². The molecule has 0 aliphatic heterocycles. The smallest absolute Gasteiger partial charge is 0.242 e. The van der Waals surface area contributed by atoms with Crippen LogP contribution in [0.2, 0.25) is 0 Å². The van der Waals surface area contributed by atoms with E-state index in [4.69, 9.17) is 0 Å². The van der Waals surface area contributed by atoms with Gasteiger partial charge in [0, 0.05) is 31.0 Å². The Morgan fingerprint density at radius 3 is 2.76 bits per heavy atom. The predicted molar refractivity (Wildman–Crippen MR) is 86.2 cm³/mol. The van der Waals surface area contributed by atoms with Crippen molar-refractivity contribution in [2.24, 2.45) is 0 Å². The number of hydrogen-bond acceptors (Lipinski definition) is 2. The van der Waals surface area contributed by atoms with E-state index in [1.54, 1.807) is 0 Å². The van der Waals surface area contributed by atoms with E-state index in [0.29, 0.717) is 18.6 Å². The lowest BCUT2D eigenvalue weighted by molar-refractivity contribution is -0.132. The van der Waals surface area contributed by atoms with Crippen LogP contribution in [0.1, 0.15) is 58.1 Å². The van der Waals surface area contributed by atoms with Crippen molar-refractivity contribution < 1.29 is 4.79 Å². The van der Waals surface area contributed by atoms with E-state index in [1.807, 2.05) is 15.7 Å². The Kier molecular flexibility index (Phi) is 5.85. The van der Waals surface area contributed by atoms with Crippen molar-refractivity contribution in [3.05, 3.63) is 24.0 Å². The number of hydrogen-bond donors (Lipinski definition) is 1. The first-order valence-electron chi connectivity index (χ1n) is 8.38. The molecule has 1 heterocycles. The molecule has 1 aromatic heterocycles. The summed E-state index contributed by atoms with van der Waals surface area (Å²) in [5, 5.41) is 3.52. The van der Waals surface area contributed by atoms with Crippen LogP contribution >= 0.6 is 0 Å². The first kappa shape index (κ1) is 16.1. The Balaban J connectivity index is 1.96. The first-order valence-corrected chi connectivity index (χ1v) is 8.38. The molecule has 4 nitrogen and oxygen atoms in total. The van der Waals surface area contributed by atoms with Crippen LogP contribution < -0.4 is 5.32 Å². The van der Waals surface area contributed by atoms with E-state index in [2.05, 4.69) is 38.4 Å². The average Bonchev–Trinajstić information content (AvgIpc) is 3.18. The molecule has 0 radical (unpaired) electrons. The van der Waals surface area contributed by atoms with Crippen LogP contribution in [0, 0.1) is 0 Å². The average molecular weight is 291 g/mol. The van der Waals surface area contributed by atoms with Crippen molar-refractivity contribution in [2.45, 2.75) is 65.1 Å². The molecular formula is C17H29N3O. The SMILES string of the molecule is CCCC(NCC)c1ccn(CC(=O)N(CC)C2CC2)c1. The van der Waals surface area contributed by atoms with Crippen molar-refractivity contribution in [3.63, 3.8) is 0 Å². The highest BCUT2D eigenvalue weighted by Crippen LogP contribution is 2.27. The standard InChI is InChI=1S/C17H29N3O/c1-4-7-16(18-5-2)14-10-11-19(12-14)13-17(21)20(6-3)15-8-9-15/h10-12,15-16,18H,4-9,13H2,1-3H3. The minimum Gasteiger partial charge on any atom is -0.345 e. The number of carbonyl (C=O) groups is 1. The van der Waals surface area contributed by atoms with Gasteiger partial charge in [0.2, 0.25) is 5.91 Å². The summed E-state index contributed by atoms with van der Waals surface area (Å²) < 4.78 is 2.03. The molecule has 1 amide bonds. The third-order valence-corrected chi connectivity index (χ3v) is 4.17. The Hall–Kier alpha value is -1.29. The van der Waals surface area contributed by atoms with Gasteiger partial charge in [0.25, 0.3) is 0 Å². The molecule has 21 heavy (non-hydrogen) atoms. The van der Waals surface area contributed by atoms with Crippen molar-refractivity contribution >= 4 is 5.91 Å². The van der Waals surface area contributed by atoms with Crippen LogP contribution in [0.25, 0.3) is 0 Å². The molecule has 1 unspecified atom stereocenters. The zero-order valence-electron chi connectivity index (χ0n) is 13.6. The number of likely N-dealkylation sites (N-methyl/N-ethyl adjacent to an activating group) is 1. The zero-order chi connectivity index (χ0) is 15.2. The second-order valence-electron chi connectivity index (χ2n) is 5.93. The third-order valence-electron chi connectivity index (χ3n) is 4.17. The molecule has 1 fully saturated rings. The van der Waals surface area contributed by atoms with Crippen LogP contribution in [-0.4, -0.2) is 34.5 Å². The fraction of sp³-hybridized carbons (Fsp3) is 0.706. The number of amides is 1. The maximum atomic E-state index is 12.3. The number of aromatic nitrogens is 1. The summed E-state index contributed by atoms with van der Waals surface area (Å²) in [6.07, 6.45) is 8.81. The summed E-state index contributed by atoms with van der Waals surface area (Å²) in [6, 6.07) is 3.05. The fourth-order valence-corrected chi connectivity index (χ4v) is 2.96. The molecule has 4 heteroatoms. The minimum atomic E-state index is 0.248. The molecule has 2 rings (SSSR count). The molecule has 1 aliphatic rings. The normalized spacial score (nSPS) is 16.0. The lowest BCUT2D eigenvalue weighted by Gasteiger charge is -2.20. The van der Waals surface area contributed by atoms with Gasteiger partial charge in [0.05, 0.1) is 0 Å². The molecular weight excluding hydrogens is 262 g/mol. The van der Waals surface area contributed by atoms with Crippen molar-refractivity contribution in [1.29, 1.82) is 0 Å². The molecule has 1 saturated carbocycles. The van der Waals surface area contributed by atoms with E-state index in [1.165, 1.54) is 18.4 Å². The van der Waals surface area contributed by atoms with Gasteiger partial charge in [-0.15, -0.1) is 0 Å². The molecule has 1 atom stereocenters. The summed E-state index contributed by atoms with van der Waals surface area (Å²) in [7, 11) is 0. The Morgan fingerprint density at radius 1 is 1.43 bits per heavy atom. The largest absolute Gasteiger partial charge is 0.345 e. The molecule has 0 saturated heterocycles. The number of nitrogens with zero attached hydrogens (tertiary/aromatic N) is 2. The Labute approximate surface area is 128 Å². The second kappa shape index (κ2) is 7.64. The summed E-state index contributed by atoms with van der Waals surface area (Å²) in [5.74, 6) is 0.248. The Bertz CT molecular complexity index is 445. The molecule has 1 N–H and O–H groups in total. The summed E-state index contributed by atoms with van der Waals surface area (Å²) in [6.45, 7) is 8.68. The van der Waals surface area contributed by atoms with Gasteiger partial charge in [-0.2, -0.15) is 0 Å². The number of rotatable bonds is 9. The first-order chi connectivity index (χ1) is 10.2. The molecule has 1 aliphatic carbocycles. The van der Waals surface area contributed by atoms with Crippen LogP contribution in [-0.2, 0) is 11.3 Å². The molecule has 0 aromatic carbocycles. The van der Waals surface area contributed by atoms with E-state index in [9.17, 15) is 4.79 Å². The van der Waals surface area contributed by atoms with Gasteiger partial charge in [0.1, 0.15) is 6.54 Å². The van der Waals surface area contributed by atoms with Crippen molar-refractivity contribution in [3.8, 4) is 0 Å². The van der Waals surface area contributed by atoms with Crippen LogP contribution in [0.15, 0.2) is 18.5 Å². The van der Waals surface area contributed by atoms with Crippen LogP contribution in [0.5, 0.6) is 0 Å². The monoisotopic (exact) mass is 291 g/mol. The minimum absolute atomic E-state index is 0.248. The molecule has 1 aromatic rings. The van der Waals surface area contributed by atoms with Gasteiger partial charge in [-0.1, -0.05) is 20.3 Å². The van der Waals surface area contributed by atoms with Crippen LogP contribution in [0.3, 0.4) is 0 Å². The number of nitrogens with one attached hydrogen (secondary N) is 1. The summed E-state index contributed by atoms with van der Waals surface area (Å²) in [5.41, 5.74) is 1.29. The highest BCUT2D eigenvalue weighted by atomic mass is 16.2. The number of carbonyl (C=O) groups excluding carboxylic acids is 1. The highest BCUT2D eigenvalue weighted by Gasteiger charge is 2.31. The maximum Gasteiger partial charge on any atom is 0.242 e. The predicted octanol–water partition coefficient (Wildman–Crippen LogP) is 2.95. The van der Waals surface area contributed by atoms with Gasteiger partial charge in [-0.3, -0.25) is 4.79 Å². The zero-order valence-corrected chi connectivity index (χ0v) is 13.6. The van der Waals surface area contributed by atoms with E-state index < -0.39 is 0 Å². The lowest BCUT2D eigenvalue weighted by atomic mass is 10.1. The van der Waals surface area contributed by atoms with Crippen molar-refractivity contribution in [2.75, 3.05) is 13.1 Å². The second-order valence-corrected chi connectivity index (χ2v) is 5.93. The van der Waals surface area contributed by atoms with Gasteiger partial charge < -0.3 is 14.8 Å². The Morgan fingerprint density at radius 2 is 2.19 bits per heavy atom. The van der Waals surface area contributed by atoms with Crippen LogP contribution in [0.4, 0.5) is 0 Å². The van der Waals surface area contributed by atoms with E-state index in [0.717, 1.165) is 25.9 Å². The third kappa shape index (κ3) is 4.34. The van der Waals surface area contributed by atoms with Gasteiger partial charge in [-0.25, -0.2) is 0 Å². The van der Waals surface area contributed by atoms with Crippen molar-refractivity contribution in [1.82, 2.24) is 14.8 Å². The maximum absolute atomic E-state index is 12.3. The van der Waals surface area contributed by atoms with E-state index >= 15 is 0 Å². The molecule has 0 spiro atoms.